The van der Waals surface area contributed by atoms with Crippen LogP contribution in [0.4, 0.5) is 11.5 Å². The minimum Gasteiger partial charge on any atom is -0.378 e. The highest BCUT2D eigenvalue weighted by Gasteiger charge is 2.36. The van der Waals surface area contributed by atoms with Crippen LogP contribution >= 0.6 is 0 Å². The standard InChI is InChI=1S/C22H27N6O/c1-26(2)18-10-8-16(9-11-18)21-22(24-17-6-4-3-5-7-17)28-13-12-27(14-19(23)29)15-20(28)25-21/h8-13,15,17H,3-7,14H2,1-2H3,(H-,23,29)/q+1/p+1. The number of rotatable bonds is 5. The number of hydrogen-bond donors (Lipinski definition) is 1. The third kappa shape index (κ3) is 4.18. The number of fused-ring (bicyclic) bond motifs is 1. The van der Waals surface area contributed by atoms with Gasteiger partial charge in [-0.05, 0) is 49.9 Å². The fourth-order valence-electron chi connectivity index (χ4n) is 3.92. The van der Waals surface area contributed by atoms with E-state index >= 15 is 0 Å². The molecule has 2 N–H and O–H groups in total. The lowest BCUT2D eigenvalue weighted by Gasteiger charge is -2.15. The second kappa shape index (κ2) is 8.11. The van der Waals surface area contributed by atoms with Crippen LogP contribution in [0.5, 0.6) is 0 Å². The summed E-state index contributed by atoms with van der Waals surface area (Å²) in [7, 11) is 4.06. The van der Waals surface area contributed by atoms with Gasteiger partial charge in [0.15, 0.2) is 0 Å². The van der Waals surface area contributed by atoms with Crippen molar-refractivity contribution >= 4 is 29.0 Å². The minimum atomic E-state index is -0.377. The van der Waals surface area contributed by atoms with Gasteiger partial charge in [0.05, 0.1) is 0 Å². The second-order valence-electron chi connectivity index (χ2n) is 7.94. The predicted octanol–water partition coefficient (Wildman–Crippen LogP) is 1.53. The fraction of sp³-hybridized carbons (Fsp3) is 0.409. The van der Waals surface area contributed by atoms with Gasteiger partial charge in [-0.25, -0.2) is 0 Å². The van der Waals surface area contributed by atoms with Crippen molar-refractivity contribution in [1.82, 2.24) is 0 Å². The highest BCUT2D eigenvalue weighted by atomic mass is 16.1. The van der Waals surface area contributed by atoms with E-state index in [1.165, 1.54) is 19.3 Å². The first-order valence-electron chi connectivity index (χ1n) is 10.2. The topological polar surface area (TPSA) is 78.8 Å². The minimum absolute atomic E-state index is 0.130. The van der Waals surface area contributed by atoms with Crippen molar-refractivity contribution in [1.29, 1.82) is 0 Å². The molecule has 1 amide bonds. The zero-order valence-electron chi connectivity index (χ0n) is 17.1. The smallest absolute Gasteiger partial charge is 0.333 e. The number of primary amides is 1. The molecular weight excluding hydrogens is 364 g/mol. The molecule has 1 saturated carbocycles. The van der Waals surface area contributed by atoms with Crippen molar-refractivity contribution in [2.24, 2.45) is 15.7 Å². The quantitative estimate of drug-likeness (QED) is 0.783. The van der Waals surface area contributed by atoms with E-state index in [2.05, 4.69) is 29.2 Å². The van der Waals surface area contributed by atoms with Gasteiger partial charge in [0, 0.05) is 25.3 Å². The normalized spacial score (nSPS) is 17.9. The van der Waals surface area contributed by atoms with E-state index in [0.717, 1.165) is 41.5 Å². The van der Waals surface area contributed by atoms with E-state index in [4.69, 9.17) is 15.7 Å². The van der Waals surface area contributed by atoms with Crippen molar-refractivity contribution in [3.63, 3.8) is 0 Å². The van der Waals surface area contributed by atoms with Gasteiger partial charge in [-0.1, -0.05) is 11.4 Å². The zero-order chi connectivity index (χ0) is 20.4. The molecule has 0 bridgehead atoms. The molecule has 150 valence electrons. The van der Waals surface area contributed by atoms with E-state index in [-0.39, 0.29) is 12.5 Å². The summed E-state index contributed by atoms with van der Waals surface area (Å²) in [5, 5.41) is 0. The molecule has 1 aliphatic carbocycles. The molecule has 4 rings (SSSR count). The van der Waals surface area contributed by atoms with E-state index in [1.807, 2.05) is 37.3 Å². The van der Waals surface area contributed by atoms with Gasteiger partial charge in [0.2, 0.25) is 24.7 Å². The number of carbonyl (C=O) groups excluding carboxylic acids is 1. The van der Waals surface area contributed by atoms with Gasteiger partial charge in [-0.15, -0.1) is 4.99 Å². The molecule has 0 radical (unpaired) electrons. The molecule has 2 aromatic rings. The molecule has 7 heteroatoms. The van der Waals surface area contributed by atoms with Crippen LogP contribution in [0.1, 0.15) is 37.7 Å². The summed E-state index contributed by atoms with van der Waals surface area (Å²) in [4.78, 5) is 23.4. The summed E-state index contributed by atoms with van der Waals surface area (Å²) in [6.45, 7) is 0.130. The van der Waals surface area contributed by atoms with Crippen LogP contribution in [-0.2, 0) is 11.3 Å². The average molecular weight is 393 g/mol. The van der Waals surface area contributed by atoms with E-state index < -0.39 is 0 Å². The van der Waals surface area contributed by atoms with Crippen LogP contribution in [0, 0.1) is 0 Å². The number of aliphatic imine (C=N–C) groups is 2. The lowest BCUT2D eigenvalue weighted by atomic mass is 9.96. The molecule has 7 nitrogen and oxygen atoms in total. The maximum Gasteiger partial charge on any atom is 0.333 e. The summed E-state index contributed by atoms with van der Waals surface area (Å²) >= 11 is 0. The number of aromatic nitrogens is 2. The Kier molecular flexibility index (Phi) is 5.38. The maximum atomic E-state index is 11.3. The van der Waals surface area contributed by atoms with Crippen LogP contribution in [0.2, 0.25) is 0 Å². The number of nitrogens with zero attached hydrogens (tertiary/aromatic N) is 5. The lowest BCUT2D eigenvalue weighted by Crippen LogP contribution is -2.49. The molecular formula is C22H28N6O+2. The van der Waals surface area contributed by atoms with Gasteiger partial charge in [-0.2, -0.15) is 9.13 Å². The molecule has 0 spiro atoms. The summed E-state index contributed by atoms with van der Waals surface area (Å²) in [5.41, 5.74) is 8.40. The molecule has 0 atom stereocenters. The Hall–Kier alpha value is -3.09. The Morgan fingerprint density at radius 3 is 2.55 bits per heavy atom. The zero-order valence-corrected chi connectivity index (χ0v) is 17.1. The van der Waals surface area contributed by atoms with Crippen molar-refractivity contribution in [2.45, 2.75) is 44.7 Å². The number of carbonyl (C=O) groups is 1. The van der Waals surface area contributed by atoms with Crippen molar-refractivity contribution < 1.29 is 13.9 Å². The average Bonchev–Trinajstić information content (AvgIpc) is 3.06. The molecule has 0 unspecified atom stereocenters. The first-order valence-corrected chi connectivity index (χ1v) is 10.2. The first-order chi connectivity index (χ1) is 14.0. The Morgan fingerprint density at radius 1 is 1.17 bits per heavy atom. The number of benzene rings is 1. The van der Waals surface area contributed by atoms with Gasteiger partial charge in [-0.3, -0.25) is 4.79 Å². The fourth-order valence-corrected chi connectivity index (χ4v) is 3.92. The molecule has 1 aromatic carbocycles. The molecule has 1 aromatic heterocycles. The Bertz CT molecular complexity index is 971. The van der Waals surface area contributed by atoms with Gasteiger partial charge >= 0.3 is 11.7 Å². The Balaban J connectivity index is 1.74. The van der Waals surface area contributed by atoms with Crippen LogP contribution in [0.15, 0.2) is 52.8 Å². The molecule has 0 saturated heterocycles. The van der Waals surface area contributed by atoms with Crippen molar-refractivity contribution in [2.75, 3.05) is 19.0 Å². The number of hydrogen-bond acceptors (Lipinski definition) is 4. The second-order valence-corrected chi connectivity index (χ2v) is 7.94. The van der Waals surface area contributed by atoms with Crippen LogP contribution in [0.3, 0.4) is 0 Å². The largest absolute Gasteiger partial charge is 0.378 e. The third-order valence-electron chi connectivity index (χ3n) is 5.48. The van der Waals surface area contributed by atoms with Gasteiger partial charge < -0.3 is 10.6 Å². The highest BCUT2D eigenvalue weighted by Crippen LogP contribution is 2.23. The van der Waals surface area contributed by atoms with Crippen molar-refractivity contribution in [3.05, 3.63) is 48.4 Å². The Labute approximate surface area is 171 Å². The molecule has 29 heavy (non-hydrogen) atoms. The maximum absolute atomic E-state index is 11.3. The van der Waals surface area contributed by atoms with E-state index in [9.17, 15) is 4.79 Å². The van der Waals surface area contributed by atoms with Crippen molar-refractivity contribution in [3.8, 4) is 0 Å². The third-order valence-corrected chi connectivity index (χ3v) is 5.48. The summed E-state index contributed by atoms with van der Waals surface area (Å²) in [5.74, 6) is 1.27. The van der Waals surface area contributed by atoms with Crippen LogP contribution < -0.4 is 19.8 Å². The van der Waals surface area contributed by atoms with E-state index in [0.29, 0.717) is 6.04 Å². The van der Waals surface area contributed by atoms with Crippen LogP contribution in [-0.4, -0.2) is 37.6 Å². The Morgan fingerprint density at radius 2 is 1.90 bits per heavy atom. The summed E-state index contributed by atoms with van der Waals surface area (Å²) in [6, 6.07) is 8.71. The SMILES string of the molecule is CN(C)c1ccc(C2=Nc3c[n+](CC(N)=O)cc[n+]3C2=NC2CCCCC2)cc1. The molecule has 1 fully saturated rings. The molecule has 2 heterocycles. The number of nitrogens with two attached hydrogens (primary N) is 1. The highest BCUT2D eigenvalue weighted by molar-refractivity contribution is 6.46. The van der Waals surface area contributed by atoms with Gasteiger partial charge in [0.1, 0.15) is 12.2 Å². The lowest BCUT2D eigenvalue weighted by molar-refractivity contribution is -0.701. The van der Waals surface area contributed by atoms with Gasteiger partial charge in [0.25, 0.3) is 5.91 Å². The first kappa shape index (κ1) is 19.2. The monoisotopic (exact) mass is 392 g/mol. The van der Waals surface area contributed by atoms with Crippen LogP contribution in [0.25, 0.3) is 0 Å². The number of amides is 1. The predicted molar refractivity (Wildman–Crippen MR) is 113 cm³/mol. The number of anilines is 1. The van der Waals surface area contributed by atoms with E-state index in [1.54, 1.807) is 4.57 Å². The molecule has 2 aliphatic rings. The summed E-state index contributed by atoms with van der Waals surface area (Å²) < 4.78 is 3.77. The summed E-state index contributed by atoms with van der Waals surface area (Å²) in [6.07, 6.45) is 11.6. The molecule has 1 aliphatic heterocycles.